The summed E-state index contributed by atoms with van der Waals surface area (Å²) in [6.07, 6.45) is 3.37. The van der Waals surface area contributed by atoms with Crippen molar-refractivity contribution in [2.24, 2.45) is 5.92 Å². The lowest BCUT2D eigenvalue weighted by atomic mass is 10.2. The highest BCUT2D eigenvalue weighted by molar-refractivity contribution is 9.10. The zero-order valence-electron chi connectivity index (χ0n) is 10.7. The van der Waals surface area contributed by atoms with Gasteiger partial charge in [-0.2, -0.15) is 0 Å². The van der Waals surface area contributed by atoms with Gasteiger partial charge in [0.25, 0.3) is 5.91 Å². The Balaban J connectivity index is 1.66. The van der Waals surface area contributed by atoms with Gasteiger partial charge >= 0.3 is 0 Å². The summed E-state index contributed by atoms with van der Waals surface area (Å²) >= 11 is 3.28. The van der Waals surface area contributed by atoms with E-state index < -0.39 is 0 Å². The Hall–Kier alpha value is -1.07. The third-order valence-corrected chi connectivity index (χ3v) is 3.50. The summed E-state index contributed by atoms with van der Waals surface area (Å²) in [5.41, 5.74) is 0.285. The summed E-state index contributed by atoms with van der Waals surface area (Å²) in [6, 6.07) is 4.80. The summed E-state index contributed by atoms with van der Waals surface area (Å²) in [7, 11) is 0. The normalized spacial score (nSPS) is 14.4. The maximum atomic E-state index is 11.8. The van der Waals surface area contributed by atoms with Gasteiger partial charge in [0, 0.05) is 24.2 Å². The predicted octanol–water partition coefficient (Wildman–Crippen LogP) is 2.70. The number of halogens is 1. The Morgan fingerprint density at radius 1 is 1.47 bits per heavy atom. The molecule has 1 saturated carbocycles. The molecule has 1 aliphatic carbocycles. The van der Waals surface area contributed by atoms with Crippen molar-refractivity contribution in [1.82, 2.24) is 5.32 Å². The van der Waals surface area contributed by atoms with Crippen LogP contribution in [0, 0.1) is 5.92 Å². The highest BCUT2D eigenvalue weighted by Gasteiger charge is 2.20. The largest absolute Gasteiger partial charge is 0.507 e. The first-order valence-corrected chi connectivity index (χ1v) is 7.30. The second kappa shape index (κ2) is 6.91. The third kappa shape index (κ3) is 4.84. The molecular weight excluding hydrogens is 310 g/mol. The molecule has 1 aromatic rings. The van der Waals surface area contributed by atoms with Crippen LogP contribution in [0.5, 0.6) is 5.75 Å². The molecule has 0 heterocycles. The molecule has 1 amide bonds. The van der Waals surface area contributed by atoms with E-state index in [9.17, 15) is 9.90 Å². The van der Waals surface area contributed by atoms with Crippen molar-refractivity contribution >= 4 is 21.8 Å². The Bertz CT molecular complexity index is 446. The van der Waals surface area contributed by atoms with Crippen LogP contribution in [-0.2, 0) is 4.74 Å². The van der Waals surface area contributed by atoms with E-state index in [2.05, 4.69) is 21.2 Å². The van der Waals surface area contributed by atoms with Gasteiger partial charge in [0.15, 0.2) is 0 Å². The van der Waals surface area contributed by atoms with Crippen LogP contribution in [0.25, 0.3) is 0 Å². The van der Waals surface area contributed by atoms with Gasteiger partial charge in [0.1, 0.15) is 5.75 Å². The molecule has 2 N–H and O–H groups in total. The molecule has 0 bridgehead atoms. The summed E-state index contributed by atoms with van der Waals surface area (Å²) in [6.45, 7) is 2.07. The molecule has 1 aliphatic rings. The van der Waals surface area contributed by atoms with Crippen molar-refractivity contribution < 1.29 is 14.6 Å². The van der Waals surface area contributed by atoms with Gasteiger partial charge in [-0.3, -0.25) is 4.79 Å². The molecule has 5 heteroatoms. The van der Waals surface area contributed by atoms with Crippen LogP contribution in [0.15, 0.2) is 22.7 Å². The topological polar surface area (TPSA) is 58.6 Å². The first kappa shape index (κ1) is 14.3. The molecule has 0 saturated heterocycles. The van der Waals surface area contributed by atoms with Crippen LogP contribution in [0.2, 0.25) is 0 Å². The SMILES string of the molecule is O=C(NCCCOCC1CC1)c1cc(Br)ccc1O. The van der Waals surface area contributed by atoms with Crippen molar-refractivity contribution in [2.75, 3.05) is 19.8 Å². The van der Waals surface area contributed by atoms with Crippen molar-refractivity contribution in [2.45, 2.75) is 19.3 Å². The highest BCUT2D eigenvalue weighted by atomic mass is 79.9. The number of aromatic hydroxyl groups is 1. The first-order chi connectivity index (χ1) is 9.16. The lowest BCUT2D eigenvalue weighted by molar-refractivity contribution is 0.0935. The minimum Gasteiger partial charge on any atom is -0.507 e. The molecule has 0 aliphatic heterocycles. The maximum absolute atomic E-state index is 11.8. The number of carbonyl (C=O) groups excluding carboxylic acids is 1. The number of phenols is 1. The summed E-state index contributed by atoms with van der Waals surface area (Å²) < 4.78 is 6.25. The van der Waals surface area contributed by atoms with Gasteiger partial charge in [-0.05, 0) is 43.4 Å². The zero-order valence-corrected chi connectivity index (χ0v) is 12.3. The first-order valence-electron chi connectivity index (χ1n) is 6.51. The summed E-state index contributed by atoms with van der Waals surface area (Å²) in [4.78, 5) is 11.8. The van der Waals surface area contributed by atoms with Crippen molar-refractivity contribution in [3.8, 4) is 5.75 Å². The van der Waals surface area contributed by atoms with E-state index in [-0.39, 0.29) is 17.2 Å². The van der Waals surface area contributed by atoms with E-state index in [1.807, 2.05) is 0 Å². The average molecular weight is 328 g/mol. The second-order valence-electron chi connectivity index (χ2n) is 4.79. The van der Waals surface area contributed by atoms with Crippen molar-refractivity contribution in [3.05, 3.63) is 28.2 Å². The Labute approximate surface area is 121 Å². The molecule has 0 unspecified atom stereocenters. The minimum absolute atomic E-state index is 0.00863. The van der Waals surface area contributed by atoms with E-state index in [0.29, 0.717) is 13.2 Å². The number of ether oxygens (including phenoxy) is 1. The maximum Gasteiger partial charge on any atom is 0.255 e. The van der Waals surface area contributed by atoms with E-state index in [0.717, 1.165) is 23.4 Å². The van der Waals surface area contributed by atoms with Crippen LogP contribution in [0.3, 0.4) is 0 Å². The zero-order chi connectivity index (χ0) is 13.7. The van der Waals surface area contributed by atoms with Gasteiger partial charge in [-0.1, -0.05) is 15.9 Å². The quantitative estimate of drug-likeness (QED) is 0.757. The molecule has 19 heavy (non-hydrogen) atoms. The molecule has 0 radical (unpaired) electrons. The minimum atomic E-state index is -0.263. The molecule has 1 aromatic carbocycles. The van der Waals surface area contributed by atoms with Gasteiger partial charge in [-0.15, -0.1) is 0 Å². The van der Waals surface area contributed by atoms with Gasteiger partial charge < -0.3 is 15.2 Å². The Morgan fingerprint density at radius 3 is 3.00 bits per heavy atom. The lowest BCUT2D eigenvalue weighted by Crippen LogP contribution is -2.25. The standard InChI is InChI=1S/C14H18BrNO3/c15-11-4-5-13(17)12(8-11)14(18)16-6-1-7-19-9-10-2-3-10/h4-5,8,10,17H,1-3,6-7,9H2,(H,16,18). The third-order valence-electron chi connectivity index (χ3n) is 3.00. The Morgan fingerprint density at radius 2 is 2.26 bits per heavy atom. The number of benzene rings is 1. The molecule has 4 nitrogen and oxygen atoms in total. The van der Waals surface area contributed by atoms with Gasteiger partial charge in [-0.25, -0.2) is 0 Å². The lowest BCUT2D eigenvalue weighted by Gasteiger charge is -2.07. The fraction of sp³-hybridized carbons (Fsp3) is 0.500. The van der Waals surface area contributed by atoms with Gasteiger partial charge in [0.05, 0.1) is 5.56 Å². The fourth-order valence-corrected chi connectivity index (χ4v) is 2.06. The van der Waals surface area contributed by atoms with Crippen LogP contribution < -0.4 is 5.32 Å². The predicted molar refractivity (Wildman–Crippen MR) is 76.3 cm³/mol. The number of hydrogen-bond donors (Lipinski definition) is 2. The average Bonchev–Trinajstić information content (AvgIpc) is 3.20. The molecule has 2 rings (SSSR count). The highest BCUT2D eigenvalue weighted by Crippen LogP contribution is 2.28. The number of nitrogens with one attached hydrogen (secondary N) is 1. The van der Waals surface area contributed by atoms with E-state index >= 15 is 0 Å². The van der Waals surface area contributed by atoms with Crippen molar-refractivity contribution in [1.29, 1.82) is 0 Å². The van der Waals surface area contributed by atoms with Crippen LogP contribution >= 0.6 is 15.9 Å². The van der Waals surface area contributed by atoms with Crippen molar-refractivity contribution in [3.63, 3.8) is 0 Å². The van der Waals surface area contributed by atoms with E-state index in [1.54, 1.807) is 12.1 Å². The van der Waals surface area contributed by atoms with Crippen LogP contribution in [-0.4, -0.2) is 30.8 Å². The molecule has 0 aromatic heterocycles. The van der Waals surface area contributed by atoms with Crippen LogP contribution in [0.4, 0.5) is 0 Å². The fourth-order valence-electron chi connectivity index (χ4n) is 1.70. The number of phenolic OH excluding ortho intramolecular Hbond substituents is 1. The monoisotopic (exact) mass is 327 g/mol. The number of hydrogen-bond acceptors (Lipinski definition) is 3. The smallest absolute Gasteiger partial charge is 0.255 e. The molecule has 104 valence electrons. The molecule has 0 spiro atoms. The number of rotatable bonds is 7. The molecule has 0 atom stereocenters. The summed E-state index contributed by atoms with van der Waals surface area (Å²) in [5, 5.41) is 12.4. The Kier molecular flexibility index (Phi) is 5.22. The number of amides is 1. The number of carbonyl (C=O) groups is 1. The molecule has 1 fully saturated rings. The second-order valence-corrected chi connectivity index (χ2v) is 5.70. The van der Waals surface area contributed by atoms with E-state index in [1.165, 1.54) is 18.9 Å². The summed E-state index contributed by atoms with van der Waals surface area (Å²) in [5.74, 6) is 0.500. The van der Waals surface area contributed by atoms with Gasteiger partial charge in [0.2, 0.25) is 0 Å². The van der Waals surface area contributed by atoms with E-state index in [4.69, 9.17) is 4.74 Å². The molecular formula is C14H18BrNO3. The van der Waals surface area contributed by atoms with Crippen LogP contribution in [0.1, 0.15) is 29.6 Å².